The Morgan fingerprint density at radius 3 is 2.83 bits per heavy atom. The van der Waals surface area contributed by atoms with Crippen LogP contribution >= 0.6 is 23.2 Å². The SMILES string of the molecule is C=CC#CN=C(Nc1cccc(OC(F)F)c1F)N1CC(N(CC)C(=O)[C@H]2CCCN2)C(c2ccc(Cl)c(Cl)c2)=N1. The monoisotopic (exact) mass is 606 g/mol. The van der Waals surface area contributed by atoms with Gasteiger partial charge in [-0.3, -0.25) is 4.79 Å². The van der Waals surface area contributed by atoms with Gasteiger partial charge in [0.05, 0.1) is 40.1 Å². The number of nitrogens with zero attached hydrogens (tertiary/aromatic N) is 4. The maximum Gasteiger partial charge on any atom is 0.387 e. The smallest absolute Gasteiger partial charge is 0.387 e. The molecule has 1 saturated heterocycles. The van der Waals surface area contributed by atoms with E-state index >= 15 is 4.39 Å². The second-order valence-corrected chi connectivity index (χ2v) is 9.82. The van der Waals surface area contributed by atoms with Gasteiger partial charge in [0.25, 0.3) is 0 Å². The summed E-state index contributed by atoms with van der Waals surface area (Å²) in [7, 11) is 0. The standard InChI is InChI=1S/C28H27Cl2F3N6O2/c1-3-5-13-35-28(36-20-8-6-10-23(24(20)31)41-27(32)33)39-16-22(38(4-2)26(40)21-9-7-14-34-21)25(37-39)17-11-12-18(29)19(30)15-17/h3,6,8,10-12,15,21-22,27,34H,1,4,7,9,14,16H2,2H3,(H,35,36)/t21-,22?/m1/s1. The molecule has 0 bridgehead atoms. The third kappa shape index (κ3) is 7.14. The van der Waals surface area contributed by atoms with Gasteiger partial charge in [0.1, 0.15) is 0 Å². The maximum atomic E-state index is 15.1. The minimum atomic E-state index is -3.21. The first kappa shape index (κ1) is 30.2. The number of nitrogens with one attached hydrogen (secondary N) is 2. The zero-order chi connectivity index (χ0) is 29.5. The predicted molar refractivity (Wildman–Crippen MR) is 154 cm³/mol. The summed E-state index contributed by atoms with van der Waals surface area (Å²) in [5.74, 6) is 0.787. The highest BCUT2D eigenvalue weighted by molar-refractivity contribution is 6.42. The van der Waals surface area contributed by atoms with Crippen molar-refractivity contribution in [2.75, 3.05) is 25.0 Å². The number of guanidine groups is 1. The number of halogens is 5. The van der Waals surface area contributed by atoms with Gasteiger partial charge < -0.3 is 20.3 Å². The average molecular weight is 607 g/mol. The summed E-state index contributed by atoms with van der Waals surface area (Å²) in [6, 6.07) is 10.4. The van der Waals surface area contributed by atoms with Gasteiger partial charge in [-0.05, 0) is 56.7 Å². The first-order valence-electron chi connectivity index (χ1n) is 12.8. The molecule has 0 saturated carbocycles. The van der Waals surface area contributed by atoms with Gasteiger partial charge in [-0.2, -0.15) is 18.9 Å². The summed E-state index contributed by atoms with van der Waals surface area (Å²) in [6.07, 6.45) is 2.93. The summed E-state index contributed by atoms with van der Waals surface area (Å²) >= 11 is 12.5. The molecule has 0 spiro atoms. The highest BCUT2D eigenvalue weighted by Crippen LogP contribution is 2.29. The first-order valence-corrected chi connectivity index (χ1v) is 13.5. The molecular weight excluding hydrogens is 580 g/mol. The van der Waals surface area contributed by atoms with Crippen molar-refractivity contribution in [3.05, 3.63) is 70.5 Å². The molecule has 2 aromatic carbocycles. The summed E-state index contributed by atoms with van der Waals surface area (Å²) in [6.45, 7) is 3.45. The highest BCUT2D eigenvalue weighted by atomic mass is 35.5. The Bertz CT molecular complexity index is 1420. The van der Waals surface area contributed by atoms with Crippen molar-refractivity contribution in [1.82, 2.24) is 15.2 Å². The third-order valence-electron chi connectivity index (χ3n) is 6.46. The van der Waals surface area contributed by atoms with E-state index in [-0.39, 0.29) is 30.1 Å². The van der Waals surface area contributed by atoms with E-state index in [1.807, 2.05) is 6.92 Å². The van der Waals surface area contributed by atoms with E-state index in [0.717, 1.165) is 19.0 Å². The van der Waals surface area contributed by atoms with Gasteiger partial charge >= 0.3 is 6.61 Å². The Morgan fingerprint density at radius 1 is 1.37 bits per heavy atom. The van der Waals surface area contributed by atoms with E-state index in [1.54, 1.807) is 23.1 Å². The van der Waals surface area contributed by atoms with E-state index in [2.05, 4.69) is 38.9 Å². The Morgan fingerprint density at radius 2 is 2.17 bits per heavy atom. The molecule has 2 aliphatic rings. The number of benzene rings is 2. The lowest BCUT2D eigenvalue weighted by Crippen LogP contribution is -2.52. The second-order valence-electron chi connectivity index (χ2n) is 9.00. The summed E-state index contributed by atoms with van der Waals surface area (Å²) in [5, 5.41) is 12.8. The van der Waals surface area contributed by atoms with E-state index in [9.17, 15) is 13.6 Å². The van der Waals surface area contributed by atoms with Gasteiger partial charge in [-0.15, -0.1) is 0 Å². The van der Waals surface area contributed by atoms with Crippen LogP contribution in [0.4, 0.5) is 18.9 Å². The Hall–Kier alpha value is -3.72. The number of carbonyl (C=O) groups excluding carboxylic acids is 1. The van der Waals surface area contributed by atoms with Crippen molar-refractivity contribution >= 4 is 46.5 Å². The molecule has 1 unspecified atom stereocenters. The molecular formula is C28H27Cl2F3N6O2. The van der Waals surface area contributed by atoms with Crippen LogP contribution in [0.3, 0.4) is 0 Å². The predicted octanol–water partition coefficient (Wildman–Crippen LogP) is 5.34. The first-order chi connectivity index (χ1) is 19.7. The van der Waals surface area contributed by atoms with Crippen molar-refractivity contribution in [1.29, 1.82) is 0 Å². The minimum Gasteiger partial charge on any atom is -0.432 e. The molecule has 2 aliphatic heterocycles. The molecule has 2 atom stereocenters. The fourth-order valence-corrected chi connectivity index (χ4v) is 4.89. The number of hydrazone groups is 1. The van der Waals surface area contributed by atoms with Crippen molar-refractivity contribution in [3.8, 4) is 17.7 Å². The number of amides is 1. The van der Waals surface area contributed by atoms with Crippen molar-refractivity contribution in [2.45, 2.75) is 38.5 Å². The van der Waals surface area contributed by atoms with Crippen LogP contribution in [0.2, 0.25) is 10.0 Å². The Labute approximate surface area is 245 Å². The molecule has 2 aromatic rings. The van der Waals surface area contributed by atoms with E-state index in [4.69, 9.17) is 28.3 Å². The van der Waals surface area contributed by atoms with Gasteiger partial charge in [-0.25, -0.2) is 9.40 Å². The van der Waals surface area contributed by atoms with E-state index < -0.39 is 24.2 Å². The largest absolute Gasteiger partial charge is 0.432 e. The van der Waals surface area contributed by atoms with Crippen molar-refractivity contribution in [3.63, 3.8) is 0 Å². The molecule has 1 fully saturated rings. The molecule has 4 rings (SSSR count). The van der Waals surface area contributed by atoms with Gasteiger partial charge in [0, 0.05) is 18.2 Å². The topological polar surface area (TPSA) is 81.6 Å². The number of likely N-dealkylation sites (N-methyl/N-ethyl adjacent to an activating group) is 1. The highest BCUT2D eigenvalue weighted by Gasteiger charge is 2.39. The molecule has 13 heteroatoms. The van der Waals surface area contributed by atoms with Crippen LogP contribution in [0.15, 0.2) is 59.1 Å². The zero-order valence-corrected chi connectivity index (χ0v) is 23.5. The van der Waals surface area contributed by atoms with Crippen LogP contribution in [-0.2, 0) is 4.79 Å². The van der Waals surface area contributed by atoms with Crippen molar-refractivity contribution < 1.29 is 22.7 Å². The molecule has 1 amide bonds. The van der Waals surface area contributed by atoms with Crippen LogP contribution in [0.1, 0.15) is 25.3 Å². The number of alkyl halides is 2. The maximum absolute atomic E-state index is 15.1. The molecule has 2 heterocycles. The average Bonchev–Trinajstić information content (AvgIpc) is 3.63. The minimum absolute atomic E-state index is 0.0185. The fourth-order valence-electron chi connectivity index (χ4n) is 4.59. The van der Waals surface area contributed by atoms with Crippen LogP contribution in [0.5, 0.6) is 5.75 Å². The van der Waals surface area contributed by atoms with Crippen LogP contribution in [0.25, 0.3) is 0 Å². The van der Waals surface area contributed by atoms with Crippen molar-refractivity contribution in [2.24, 2.45) is 10.1 Å². The quantitative estimate of drug-likeness (QED) is 0.253. The summed E-state index contributed by atoms with van der Waals surface area (Å²) < 4.78 is 44.9. The number of ether oxygens (including phenoxy) is 1. The number of hydrogen-bond acceptors (Lipinski definition) is 5. The lowest BCUT2D eigenvalue weighted by atomic mass is 10.0. The molecule has 8 nitrogen and oxygen atoms in total. The fraction of sp³-hybridized carbons (Fsp3) is 0.321. The second kappa shape index (κ2) is 13.8. The summed E-state index contributed by atoms with van der Waals surface area (Å²) in [5.41, 5.74) is 0.918. The molecule has 2 N–H and O–H groups in total. The normalized spacial score (nSPS) is 18.6. The molecule has 0 aromatic heterocycles. The number of hydrogen-bond donors (Lipinski definition) is 2. The van der Waals surface area contributed by atoms with Gasteiger partial charge in [0.15, 0.2) is 11.6 Å². The van der Waals surface area contributed by atoms with E-state index in [1.165, 1.54) is 23.2 Å². The molecule has 0 radical (unpaired) electrons. The van der Waals surface area contributed by atoms with Crippen LogP contribution < -0.4 is 15.4 Å². The molecule has 41 heavy (non-hydrogen) atoms. The third-order valence-corrected chi connectivity index (χ3v) is 7.20. The Kier molecular flexibility index (Phi) is 10.2. The number of allylic oxidation sites excluding steroid dienone is 1. The van der Waals surface area contributed by atoms with Crippen LogP contribution in [0, 0.1) is 17.8 Å². The molecule has 0 aliphatic carbocycles. The van der Waals surface area contributed by atoms with Gasteiger partial charge in [0.2, 0.25) is 11.9 Å². The van der Waals surface area contributed by atoms with Gasteiger partial charge in [-0.1, -0.05) is 47.8 Å². The Balaban J connectivity index is 1.75. The number of anilines is 1. The molecule has 216 valence electrons. The number of carbonyl (C=O) groups is 1. The number of rotatable bonds is 7. The van der Waals surface area contributed by atoms with Crippen LogP contribution in [-0.4, -0.2) is 65.8 Å². The number of aliphatic imine (C=N–C) groups is 1. The lowest BCUT2D eigenvalue weighted by Gasteiger charge is -2.31. The van der Waals surface area contributed by atoms with E-state index in [0.29, 0.717) is 34.3 Å². The zero-order valence-electron chi connectivity index (χ0n) is 22.0. The lowest BCUT2D eigenvalue weighted by molar-refractivity contribution is -0.133. The summed E-state index contributed by atoms with van der Waals surface area (Å²) in [4.78, 5) is 19.5.